The van der Waals surface area contributed by atoms with Gasteiger partial charge in [0.05, 0.1) is 6.04 Å². The number of hydrazine groups is 1. The number of hydrogen-bond acceptors (Lipinski definition) is 3. The van der Waals surface area contributed by atoms with E-state index in [0.717, 1.165) is 22.6 Å². The van der Waals surface area contributed by atoms with Crippen LogP contribution in [0.4, 0.5) is 8.78 Å². The van der Waals surface area contributed by atoms with Gasteiger partial charge >= 0.3 is 0 Å². The van der Waals surface area contributed by atoms with Crippen LogP contribution in [0.3, 0.4) is 0 Å². The molecular weight excluding hydrogens is 242 g/mol. The number of nitrogens with two attached hydrogens (primary N) is 1. The first kappa shape index (κ1) is 12.2. The second-order valence-electron chi connectivity index (χ2n) is 3.71. The Labute approximate surface area is 102 Å². The summed E-state index contributed by atoms with van der Waals surface area (Å²) in [6.45, 7) is 1.96. The molecule has 0 aliphatic carbocycles. The van der Waals surface area contributed by atoms with Gasteiger partial charge in [-0.05, 0) is 41.6 Å². The van der Waals surface area contributed by atoms with E-state index in [4.69, 9.17) is 5.84 Å². The van der Waals surface area contributed by atoms with Crippen molar-refractivity contribution in [1.29, 1.82) is 0 Å². The van der Waals surface area contributed by atoms with Crippen LogP contribution in [-0.2, 0) is 0 Å². The van der Waals surface area contributed by atoms with E-state index in [9.17, 15) is 8.78 Å². The first-order valence-corrected chi connectivity index (χ1v) is 5.96. The third-order valence-corrected chi connectivity index (χ3v) is 3.52. The van der Waals surface area contributed by atoms with Crippen LogP contribution < -0.4 is 11.3 Å². The fourth-order valence-corrected chi connectivity index (χ4v) is 2.49. The lowest BCUT2D eigenvalue weighted by molar-refractivity contribution is 0.504. The van der Waals surface area contributed by atoms with Gasteiger partial charge < -0.3 is 0 Å². The van der Waals surface area contributed by atoms with Crippen molar-refractivity contribution in [2.24, 2.45) is 5.84 Å². The second kappa shape index (κ2) is 4.91. The molecule has 5 heteroatoms. The fourth-order valence-electron chi connectivity index (χ4n) is 1.75. The van der Waals surface area contributed by atoms with Gasteiger partial charge in [-0.2, -0.15) is 0 Å². The Balaban J connectivity index is 2.42. The number of thiophene rings is 1. The summed E-state index contributed by atoms with van der Waals surface area (Å²) in [7, 11) is 0. The maximum atomic E-state index is 13.2. The summed E-state index contributed by atoms with van der Waals surface area (Å²) in [5.41, 5.74) is 4.21. The predicted octanol–water partition coefficient (Wildman–Crippen LogP) is 2.89. The van der Waals surface area contributed by atoms with Crippen LogP contribution in [0.2, 0.25) is 0 Å². The number of hydrogen-bond donors (Lipinski definition) is 2. The van der Waals surface area contributed by atoms with Gasteiger partial charge in [-0.3, -0.25) is 5.84 Å². The standard InChI is InChI=1S/C12H12F2N2S/c1-7-9(4-5-17-7)12(16-15)8-2-3-10(13)11(14)6-8/h2-6,12,16H,15H2,1H3. The zero-order valence-corrected chi connectivity index (χ0v) is 10.0. The largest absolute Gasteiger partial charge is 0.271 e. The van der Waals surface area contributed by atoms with Crippen LogP contribution in [0.15, 0.2) is 29.6 Å². The molecule has 2 nitrogen and oxygen atoms in total. The number of rotatable bonds is 3. The Morgan fingerprint density at radius 1 is 1.24 bits per heavy atom. The Morgan fingerprint density at radius 3 is 2.53 bits per heavy atom. The normalized spacial score (nSPS) is 12.7. The topological polar surface area (TPSA) is 38.0 Å². The molecule has 0 aliphatic heterocycles. The zero-order valence-electron chi connectivity index (χ0n) is 9.21. The van der Waals surface area contributed by atoms with Gasteiger partial charge in [-0.25, -0.2) is 14.2 Å². The highest BCUT2D eigenvalue weighted by atomic mass is 32.1. The molecule has 0 radical (unpaired) electrons. The van der Waals surface area contributed by atoms with Gasteiger partial charge in [0.2, 0.25) is 0 Å². The Bertz CT molecular complexity index is 525. The summed E-state index contributed by atoms with van der Waals surface area (Å²) in [6, 6.07) is 5.40. The lowest BCUT2D eigenvalue weighted by Crippen LogP contribution is -2.29. The minimum atomic E-state index is -0.865. The number of nitrogens with one attached hydrogen (secondary N) is 1. The van der Waals surface area contributed by atoms with Crippen molar-refractivity contribution >= 4 is 11.3 Å². The summed E-state index contributed by atoms with van der Waals surface area (Å²) in [4.78, 5) is 1.10. The smallest absolute Gasteiger partial charge is 0.159 e. The first-order chi connectivity index (χ1) is 8.13. The Kier molecular flexibility index (Phi) is 3.51. The highest BCUT2D eigenvalue weighted by molar-refractivity contribution is 7.10. The zero-order chi connectivity index (χ0) is 12.4. The van der Waals surface area contributed by atoms with Crippen molar-refractivity contribution in [2.75, 3.05) is 0 Å². The third-order valence-electron chi connectivity index (χ3n) is 2.65. The van der Waals surface area contributed by atoms with E-state index in [1.807, 2.05) is 18.4 Å². The summed E-state index contributed by atoms with van der Waals surface area (Å²) in [5.74, 6) is 3.77. The molecule has 0 saturated carbocycles. The molecule has 2 rings (SSSR count). The van der Waals surface area contributed by atoms with Gasteiger partial charge in [-0.15, -0.1) is 11.3 Å². The van der Waals surface area contributed by atoms with Crippen molar-refractivity contribution in [1.82, 2.24) is 5.43 Å². The van der Waals surface area contributed by atoms with Gasteiger partial charge in [-0.1, -0.05) is 6.07 Å². The average Bonchev–Trinajstić information content (AvgIpc) is 2.71. The van der Waals surface area contributed by atoms with Crippen LogP contribution in [0.1, 0.15) is 22.0 Å². The maximum Gasteiger partial charge on any atom is 0.159 e. The molecule has 0 bridgehead atoms. The van der Waals surface area contributed by atoms with E-state index < -0.39 is 11.6 Å². The molecule has 0 saturated heterocycles. The van der Waals surface area contributed by atoms with E-state index >= 15 is 0 Å². The monoisotopic (exact) mass is 254 g/mol. The van der Waals surface area contributed by atoms with Crippen molar-refractivity contribution in [2.45, 2.75) is 13.0 Å². The van der Waals surface area contributed by atoms with Gasteiger partial charge in [0.15, 0.2) is 11.6 Å². The molecule has 0 aliphatic rings. The molecular formula is C12H12F2N2S. The lowest BCUT2D eigenvalue weighted by atomic mass is 10.00. The second-order valence-corrected chi connectivity index (χ2v) is 4.83. The summed E-state index contributed by atoms with van der Waals surface area (Å²) >= 11 is 1.59. The fraction of sp³-hybridized carbons (Fsp3) is 0.167. The molecule has 2 aromatic rings. The molecule has 90 valence electrons. The minimum Gasteiger partial charge on any atom is -0.271 e. The van der Waals surface area contributed by atoms with Crippen LogP contribution >= 0.6 is 11.3 Å². The van der Waals surface area contributed by atoms with Gasteiger partial charge in [0, 0.05) is 4.88 Å². The summed E-state index contributed by atoms with van der Waals surface area (Å²) < 4.78 is 26.0. The highest BCUT2D eigenvalue weighted by Gasteiger charge is 2.17. The molecule has 1 aromatic heterocycles. The van der Waals surface area contributed by atoms with Crippen molar-refractivity contribution < 1.29 is 8.78 Å². The summed E-state index contributed by atoms with van der Waals surface area (Å²) in [6.07, 6.45) is 0. The molecule has 0 amide bonds. The first-order valence-electron chi connectivity index (χ1n) is 5.08. The molecule has 3 N–H and O–H groups in total. The summed E-state index contributed by atoms with van der Waals surface area (Å²) in [5, 5.41) is 1.94. The minimum absolute atomic E-state index is 0.323. The van der Waals surface area contributed by atoms with Crippen molar-refractivity contribution in [3.05, 3.63) is 57.3 Å². The van der Waals surface area contributed by atoms with Gasteiger partial charge in [0.1, 0.15) is 0 Å². The molecule has 0 spiro atoms. The highest BCUT2D eigenvalue weighted by Crippen LogP contribution is 2.28. The molecule has 1 aromatic carbocycles. The van der Waals surface area contributed by atoms with Crippen molar-refractivity contribution in [3.8, 4) is 0 Å². The van der Waals surface area contributed by atoms with Crippen LogP contribution in [-0.4, -0.2) is 0 Å². The molecule has 17 heavy (non-hydrogen) atoms. The predicted molar refractivity (Wildman–Crippen MR) is 64.6 cm³/mol. The van der Waals surface area contributed by atoms with Crippen LogP contribution in [0.5, 0.6) is 0 Å². The van der Waals surface area contributed by atoms with Crippen LogP contribution in [0.25, 0.3) is 0 Å². The Morgan fingerprint density at radius 2 is 2.00 bits per heavy atom. The lowest BCUT2D eigenvalue weighted by Gasteiger charge is -2.16. The number of benzene rings is 1. The number of aryl methyl sites for hydroxylation is 1. The van der Waals surface area contributed by atoms with Crippen molar-refractivity contribution in [3.63, 3.8) is 0 Å². The van der Waals surface area contributed by atoms with E-state index in [0.29, 0.717) is 5.56 Å². The van der Waals surface area contributed by atoms with E-state index in [1.54, 1.807) is 11.3 Å². The molecule has 0 fully saturated rings. The van der Waals surface area contributed by atoms with Crippen LogP contribution in [0, 0.1) is 18.6 Å². The average molecular weight is 254 g/mol. The molecule has 1 unspecified atom stereocenters. The quantitative estimate of drug-likeness (QED) is 0.653. The number of halogens is 2. The van der Waals surface area contributed by atoms with E-state index in [1.165, 1.54) is 6.07 Å². The third kappa shape index (κ3) is 2.36. The molecule has 1 heterocycles. The Hall–Kier alpha value is -1.30. The SMILES string of the molecule is Cc1sccc1C(NN)c1ccc(F)c(F)c1. The van der Waals surface area contributed by atoms with E-state index in [2.05, 4.69) is 5.43 Å². The maximum absolute atomic E-state index is 13.2. The molecule has 1 atom stereocenters. The van der Waals surface area contributed by atoms with Gasteiger partial charge in [0.25, 0.3) is 0 Å². The van der Waals surface area contributed by atoms with E-state index in [-0.39, 0.29) is 6.04 Å².